The Morgan fingerprint density at radius 1 is 0.531 bits per heavy atom. The molecule has 6 unspecified atom stereocenters. The second-order valence-corrected chi connectivity index (χ2v) is 12.4. The van der Waals surface area contributed by atoms with Crippen molar-refractivity contribution in [2.24, 2.45) is 0 Å². The summed E-state index contributed by atoms with van der Waals surface area (Å²) in [5.41, 5.74) is 0. The van der Waals surface area contributed by atoms with Crippen LogP contribution < -0.4 is 10.2 Å². The zero-order chi connectivity index (χ0) is 37.2. The van der Waals surface area contributed by atoms with E-state index in [0.717, 1.165) is 38.5 Å². The second kappa shape index (κ2) is 30.1. The van der Waals surface area contributed by atoms with Crippen molar-refractivity contribution in [1.82, 2.24) is 0 Å². The normalized spacial score (nSPS) is 16.3. The van der Waals surface area contributed by atoms with Crippen molar-refractivity contribution in [3.05, 3.63) is 24.3 Å². The number of aliphatic carboxylic acids is 4. The molecule has 49 heavy (non-hydrogen) atoms. The van der Waals surface area contributed by atoms with Crippen LogP contribution >= 0.6 is 0 Å². The van der Waals surface area contributed by atoms with Gasteiger partial charge in [-0.25, -0.2) is 9.59 Å². The van der Waals surface area contributed by atoms with Crippen molar-refractivity contribution >= 4 is 61.6 Å². The molecule has 0 aromatic carbocycles. The third-order valence-electron chi connectivity index (χ3n) is 9.38. The fourth-order valence-electron chi connectivity index (χ4n) is 7.02. The fraction of sp³-hybridized carbons (Fsp3) is 0.778. The molecule has 0 aromatic heterocycles. The third-order valence-corrected chi connectivity index (χ3v) is 9.38. The van der Waals surface area contributed by atoms with Gasteiger partial charge in [0.15, 0.2) is 12.1 Å². The number of hydrogen-bond donors (Lipinski definition) is 4. The van der Waals surface area contributed by atoms with Crippen molar-refractivity contribution in [3.8, 4) is 0 Å². The van der Waals surface area contributed by atoms with Crippen LogP contribution in [0, 0.1) is 0 Å². The van der Waals surface area contributed by atoms with E-state index in [4.69, 9.17) is 0 Å². The number of quaternary nitrogens is 2. The van der Waals surface area contributed by atoms with E-state index in [1.54, 1.807) is 27.7 Å². The summed E-state index contributed by atoms with van der Waals surface area (Å²) in [6.07, 6.45) is 16.7. The summed E-state index contributed by atoms with van der Waals surface area (Å²) >= 11 is 0. The van der Waals surface area contributed by atoms with Crippen LogP contribution in [0.4, 0.5) is 0 Å². The number of unbranched alkanes of at least 4 members (excludes halogenated alkanes) is 4. The standard InChI is InChI=1S/2C18H33NO5.Ca/c2*1-4-7-8-9-10-11-12-19(13-14-20,15(5-2)17(21)22)16(6-3)18(23)24;/h2*9-10,15-16,20H,4-8,11-14H2,1-3H3,(H-,21,22,23,24);/q;;+2/b2*10-9+;. The molecular formula is C36H66CaN2O10+2. The van der Waals surface area contributed by atoms with E-state index in [1.807, 2.05) is 12.2 Å². The summed E-state index contributed by atoms with van der Waals surface area (Å²) in [5.74, 6) is -4.55. The number of aliphatic hydroxyl groups excluding tert-OH is 2. The molecule has 0 fully saturated rings. The average molecular weight is 727 g/mol. The Labute approximate surface area is 325 Å². The molecule has 0 radical (unpaired) electrons. The first kappa shape index (κ1) is 51.8. The number of carbonyl (C=O) groups is 4. The molecule has 0 heterocycles. The molecule has 0 bridgehead atoms. The summed E-state index contributed by atoms with van der Waals surface area (Å²) in [6, 6.07) is -3.63. The van der Waals surface area contributed by atoms with Crippen molar-refractivity contribution in [2.75, 3.05) is 39.4 Å². The van der Waals surface area contributed by atoms with Crippen molar-refractivity contribution in [1.29, 1.82) is 0 Å². The Bertz CT molecular complexity index is 855. The summed E-state index contributed by atoms with van der Waals surface area (Å²) in [6.45, 7) is 11.5. The summed E-state index contributed by atoms with van der Waals surface area (Å²) in [4.78, 5) is 46.8. The van der Waals surface area contributed by atoms with Gasteiger partial charge in [-0.05, 0) is 12.8 Å². The molecule has 0 saturated heterocycles. The zero-order valence-corrected chi connectivity index (χ0v) is 33.4. The molecule has 0 aliphatic carbocycles. The molecule has 0 saturated carbocycles. The average Bonchev–Trinajstić information content (AvgIpc) is 3.01. The van der Waals surface area contributed by atoms with E-state index in [-0.39, 0.29) is 85.8 Å². The van der Waals surface area contributed by atoms with Crippen LogP contribution in [0.15, 0.2) is 24.3 Å². The quantitative estimate of drug-likeness (QED) is 0.0402. The minimum absolute atomic E-state index is 0. The maximum absolute atomic E-state index is 11.7. The first-order valence-electron chi connectivity index (χ1n) is 17.9. The minimum atomic E-state index is -1.25. The number of aliphatic hydroxyl groups is 2. The number of allylic oxidation sites excluding steroid dienone is 2. The molecule has 0 aliphatic rings. The molecule has 280 valence electrons. The summed E-state index contributed by atoms with van der Waals surface area (Å²) < 4.78 is -0.335. The van der Waals surface area contributed by atoms with Gasteiger partial charge in [0.05, 0.1) is 38.2 Å². The van der Waals surface area contributed by atoms with Gasteiger partial charge in [0, 0.05) is 38.5 Å². The number of rotatable bonds is 28. The maximum Gasteiger partial charge on any atom is 2.00 e. The smallest absolute Gasteiger partial charge is 0.544 e. The van der Waals surface area contributed by atoms with Gasteiger partial charge < -0.3 is 49.2 Å². The predicted octanol–water partition coefficient (Wildman–Crippen LogP) is 2.27. The monoisotopic (exact) mass is 726 g/mol. The Hall–Kier alpha value is -1.54. The third kappa shape index (κ3) is 17.5. The molecule has 6 atom stereocenters. The van der Waals surface area contributed by atoms with E-state index in [0.29, 0.717) is 38.8 Å². The van der Waals surface area contributed by atoms with Gasteiger partial charge in [0.2, 0.25) is 0 Å². The van der Waals surface area contributed by atoms with Gasteiger partial charge >= 0.3 is 49.7 Å². The molecule has 4 N–H and O–H groups in total. The van der Waals surface area contributed by atoms with Gasteiger partial charge in [0.1, 0.15) is 25.2 Å². The molecule has 0 rings (SSSR count). The van der Waals surface area contributed by atoms with E-state index >= 15 is 0 Å². The predicted molar refractivity (Wildman–Crippen MR) is 188 cm³/mol. The Morgan fingerprint density at radius 2 is 0.816 bits per heavy atom. The van der Waals surface area contributed by atoms with Crippen LogP contribution in [0.1, 0.15) is 119 Å². The minimum Gasteiger partial charge on any atom is -0.544 e. The van der Waals surface area contributed by atoms with Gasteiger partial charge in [-0.15, -0.1) is 0 Å². The van der Waals surface area contributed by atoms with Crippen LogP contribution in [0.3, 0.4) is 0 Å². The summed E-state index contributed by atoms with van der Waals surface area (Å²) in [7, 11) is 0. The first-order chi connectivity index (χ1) is 22.8. The Kier molecular flexibility index (Phi) is 31.9. The Balaban J connectivity index is -0.000000846. The SMILES string of the molecule is CCCC/C=C/CC[N+](CCO)(C(CC)C(=O)[O-])C(CC)C(=O)O.CCCC/C=C/CC[N+](CCO)(C(CC)C(=O)[O-])C(CC)C(=O)O.[Ca+2]. The van der Waals surface area contributed by atoms with Gasteiger partial charge in [-0.1, -0.05) is 91.5 Å². The molecule has 0 amide bonds. The van der Waals surface area contributed by atoms with Crippen LogP contribution in [0.2, 0.25) is 0 Å². The fourth-order valence-corrected chi connectivity index (χ4v) is 7.02. The number of carbonyl (C=O) groups excluding carboxylic acids is 2. The van der Waals surface area contributed by atoms with E-state index in [1.165, 1.54) is 0 Å². The van der Waals surface area contributed by atoms with Crippen molar-refractivity contribution < 1.29 is 58.8 Å². The molecule has 12 nitrogen and oxygen atoms in total. The largest absolute Gasteiger partial charge is 2.00 e. The zero-order valence-electron chi connectivity index (χ0n) is 31.2. The Morgan fingerprint density at radius 3 is 1.02 bits per heavy atom. The van der Waals surface area contributed by atoms with Gasteiger partial charge in [-0.2, -0.15) is 0 Å². The number of nitrogens with zero attached hydrogens (tertiary/aromatic N) is 2. The number of carboxylic acid groups (broad SMARTS) is 4. The van der Waals surface area contributed by atoms with Crippen molar-refractivity contribution in [2.45, 2.75) is 143 Å². The van der Waals surface area contributed by atoms with Crippen LogP contribution in [-0.4, -0.2) is 155 Å². The van der Waals surface area contributed by atoms with E-state index < -0.39 is 48.0 Å². The van der Waals surface area contributed by atoms with Crippen LogP contribution in [-0.2, 0) is 19.2 Å². The summed E-state index contributed by atoms with van der Waals surface area (Å²) in [5, 5.41) is 61.5. The first-order valence-corrected chi connectivity index (χ1v) is 17.9. The van der Waals surface area contributed by atoms with Crippen LogP contribution in [0.5, 0.6) is 0 Å². The molecule has 0 spiro atoms. The van der Waals surface area contributed by atoms with Crippen LogP contribution in [0.25, 0.3) is 0 Å². The molecule has 13 heteroatoms. The van der Waals surface area contributed by atoms with Gasteiger partial charge in [-0.3, -0.25) is 0 Å². The topological polar surface area (TPSA) is 195 Å². The molecular weight excluding hydrogens is 660 g/mol. The number of hydrogen-bond acceptors (Lipinski definition) is 8. The van der Waals surface area contributed by atoms with Crippen molar-refractivity contribution in [3.63, 3.8) is 0 Å². The van der Waals surface area contributed by atoms with E-state index in [2.05, 4.69) is 26.0 Å². The maximum atomic E-state index is 11.7. The van der Waals surface area contributed by atoms with E-state index in [9.17, 15) is 49.8 Å². The molecule has 0 aromatic rings. The van der Waals surface area contributed by atoms with Gasteiger partial charge in [0.25, 0.3) is 0 Å². The second-order valence-electron chi connectivity index (χ2n) is 12.4. The molecule has 0 aliphatic heterocycles. The number of carboxylic acids is 4.